The number of nitrogen functional groups attached to an aromatic ring is 1. The Morgan fingerprint density at radius 2 is 1.52 bits per heavy atom. The molecule has 6 nitrogen and oxygen atoms in total. The van der Waals surface area contributed by atoms with Crippen LogP contribution >= 0.6 is 0 Å². The third-order valence-corrected chi connectivity index (χ3v) is 3.52. The number of para-hydroxylation sites is 1. The van der Waals surface area contributed by atoms with Crippen molar-refractivity contribution in [3.63, 3.8) is 0 Å². The van der Waals surface area contributed by atoms with Crippen molar-refractivity contribution in [1.29, 1.82) is 0 Å². The molecule has 2 heterocycles. The maximum Gasteiger partial charge on any atom is 0.248 e. The van der Waals surface area contributed by atoms with Gasteiger partial charge in [0.15, 0.2) is 5.82 Å². The number of hydrogen-bond acceptors (Lipinski definition) is 5. The van der Waals surface area contributed by atoms with Gasteiger partial charge in [-0.15, -0.1) is 5.10 Å². The fraction of sp³-hybridized carbons (Fsp3) is 0.190. The molecule has 4 aromatic rings. The molecule has 0 aliphatic rings. The number of anilines is 3. The zero-order valence-corrected chi connectivity index (χ0v) is 16.2. The van der Waals surface area contributed by atoms with E-state index >= 15 is 0 Å². The van der Waals surface area contributed by atoms with Gasteiger partial charge in [-0.2, -0.15) is 9.67 Å². The monoisotopic (exact) mass is 362 g/mol. The second kappa shape index (κ2) is 9.91. The average Bonchev–Trinajstić information content (AvgIpc) is 3.11. The topological polar surface area (TPSA) is 81.6 Å². The fourth-order valence-electron chi connectivity index (χ4n) is 2.46. The standard InChI is InChI=1S/C17H14N6.2C2H6/c18-16-21-17(20-13-7-2-1-3-8-13)22-23(16)15-14-9-5-4-6-12(14)10-11-19-15;2*1-2/h1-11H,(H3,18,20,21,22);2*1-2H3. The third kappa shape index (κ3) is 4.61. The van der Waals surface area contributed by atoms with E-state index in [0.717, 1.165) is 16.5 Å². The summed E-state index contributed by atoms with van der Waals surface area (Å²) in [5, 5.41) is 9.61. The van der Waals surface area contributed by atoms with E-state index in [1.165, 1.54) is 0 Å². The highest BCUT2D eigenvalue weighted by molar-refractivity contribution is 5.88. The molecular weight excluding hydrogens is 336 g/mol. The minimum Gasteiger partial charge on any atom is -0.368 e. The summed E-state index contributed by atoms with van der Waals surface area (Å²) in [6, 6.07) is 19.6. The summed E-state index contributed by atoms with van der Waals surface area (Å²) < 4.78 is 1.55. The first-order valence-corrected chi connectivity index (χ1v) is 9.20. The van der Waals surface area contributed by atoms with Gasteiger partial charge >= 0.3 is 0 Å². The molecule has 0 spiro atoms. The van der Waals surface area contributed by atoms with E-state index in [1.54, 1.807) is 10.9 Å². The number of rotatable bonds is 3. The molecule has 0 fully saturated rings. The first-order chi connectivity index (χ1) is 13.3. The molecule has 140 valence electrons. The number of hydrogen-bond donors (Lipinski definition) is 2. The number of benzene rings is 2. The van der Waals surface area contributed by atoms with Crippen LogP contribution in [0.5, 0.6) is 0 Å². The molecular formula is C21H26N6. The molecule has 0 unspecified atom stereocenters. The van der Waals surface area contributed by atoms with Crippen molar-refractivity contribution in [2.75, 3.05) is 11.1 Å². The van der Waals surface area contributed by atoms with Gasteiger partial charge in [0, 0.05) is 17.3 Å². The SMILES string of the molecule is CC.CC.Nc1nc(Nc2ccccc2)nn1-c1nccc2ccccc12. The molecule has 0 radical (unpaired) electrons. The van der Waals surface area contributed by atoms with Crippen molar-refractivity contribution in [2.24, 2.45) is 0 Å². The van der Waals surface area contributed by atoms with E-state index in [1.807, 2.05) is 88.4 Å². The maximum atomic E-state index is 6.03. The summed E-state index contributed by atoms with van der Waals surface area (Å²) in [6.07, 6.45) is 1.74. The van der Waals surface area contributed by atoms with E-state index in [2.05, 4.69) is 20.4 Å². The Morgan fingerprint density at radius 1 is 0.852 bits per heavy atom. The van der Waals surface area contributed by atoms with Crippen molar-refractivity contribution in [2.45, 2.75) is 27.7 Å². The highest BCUT2D eigenvalue weighted by Crippen LogP contribution is 2.22. The molecule has 2 aromatic carbocycles. The smallest absolute Gasteiger partial charge is 0.248 e. The summed E-state index contributed by atoms with van der Waals surface area (Å²) >= 11 is 0. The average molecular weight is 362 g/mol. The van der Waals surface area contributed by atoms with Crippen molar-refractivity contribution in [3.8, 4) is 5.82 Å². The second-order valence-corrected chi connectivity index (χ2v) is 5.05. The molecule has 0 amide bonds. The predicted octanol–water partition coefficient (Wildman–Crippen LogP) is 5.19. The van der Waals surface area contributed by atoms with Crippen molar-refractivity contribution >= 4 is 28.4 Å². The van der Waals surface area contributed by atoms with Crippen LogP contribution in [0.3, 0.4) is 0 Å². The van der Waals surface area contributed by atoms with Crippen LogP contribution < -0.4 is 11.1 Å². The van der Waals surface area contributed by atoms with Crippen LogP contribution in [0, 0.1) is 0 Å². The van der Waals surface area contributed by atoms with Gasteiger partial charge in [-0.1, -0.05) is 70.2 Å². The molecule has 0 aliphatic heterocycles. The Hall–Kier alpha value is -3.41. The van der Waals surface area contributed by atoms with Gasteiger partial charge in [-0.25, -0.2) is 4.98 Å². The lowest BCUT2D eigenvalue weighted by Crippen LogP contribution is -2.05. The van der Waals surface area contributed by atoms with Crippen LogP contribution in [-0.2, 0) is 0 Å². The minimum atomic E-state index is 0.285. The molecule has 2 aromatic heterocycles. The number of fused-ring (bicyclic) bond motifs is 1. The highest BCUT2D eigenvalue weighted by Gasteiger charge is 2.12. The summed E-state index contributed by atoms with van der Waals surface area (Å²) in [6.45, 7) is 8.00. The van der Waals surface area contributed by atoms with Crippen molar-refractivity contribution < 1.29 is 0 Å². The Morgan fingerprint density at radius 3 is 2.26 bits per heavy atom. The molecule has 27 heavy (non-hydrogen) atoms. The number of pyridine rings is 1. The minimum absolute atomic E-state index is 0.285. The Bertz CT molecular complexity index is 958. The number of nitrogens with one attached hydrogen (secondary N) is 1. The molecule has 0 saturated carbocycles. The van der Waals surface area contributed by atoms with Crippen LogP contribution in [0.1, 0.15) is 27.7 Å². The Kier molecular flexibility index (Phi) is 7.31. The lowest BCUT2D eigenvalue weighted by atomic mass is 10.1. The van der Waals surface area contributed by atoms with E-state index < -0.39 is 0 Å². The molecule has 6 heteroatoms. The largest absolute Gasteiger partial charge is 0.368 e. The highest BCUT2D eigenvalue weighted by atomic mass is 15.4. The van der Waals surface area contributed by atoms with E-state index in [4.69, 9.17) is 5.73 Å². The van der Waals surface area contributed by atoms with E-state index in [9.17, 15) is 0 Å². The summed E-state index contributed by atoms with van der Waals surface area (Å²) in [4.78, 5) is 8.68. The third-order valence-electron chi connectivity index (χ3n) is 3.52. The van der Waals surface area contributed by atoms with Crippen LogP contribution in [0.15, 0.2) is 66.9 Å². The zero-order chi connectivity index (χ0) is 19.6. The molecule has 0 aliphatic carbocycles. The first-order valence-electron chi connectivity index (χ1n) is 9.20. The predicted molar refractivity (Wildman–Crippen MR) is 113 cm³/mol. The van der Waals surface area contributed by atoms with Gasteiger partial charge in [-0.05, 0) is 23.6 Å². The summed E-state index contributed by atoms with van der Waals surface area (Å²) in [5.74, 6) is 1.38. The second-order valence-electron chi connectivity index (χ2n) is 5.05. The lowest BCUT2D eigenvalue weighted by Gasteiger charge is -2.05. The van der Waals surface area contributed by atoms with Crippen molar-refractivity contribution in [1.82, 2.24) is 19.7 Å². The van der Waals surface area contributed by atoms with E-state index in [-0.39, 0.29) is 5.95 Å². The van der Waals surface area contributed by atoms with Crippen molar-refractivity contribution in [3.05, 3.63) is 66.9 Å². The van der Waals surface area contributed by atoms with Gasteiger partial charge in [0.25, 0.3) is 0 Å². The normalized spacial score (nSPS) is 9.63. The Labute approximate surface area is 160 Å². The summed E-state index contributed by atoms with van der Waals surface area (Å²) in [5.41, 5.74) is 6.93. The zero-order valence-electron chi connectivity index (χ0n) is 16.2. The van der Waals surface area contributed by atoms with E-state index in [0.29, 0.717) is 11.8 Å². The molecule has 0 bridgehead atoms. The van der Waals surface area contributed by atoms with Crippen LogP contribution in [0.2, 0.25) is 0 Å². The van der Waals surface area contributed by atoms with Crippen LogP contribution in [0.25, 0.3) is 16.6 Å². The van der Waals surface area contributed by atoms with Gasteiger partial charge in [0.1, 0.15) is 0 Å². The fourth-order valence-corrected chi connectivity index (χ4v) is 2.46. The van der Waals surface area contributed by atoms with Gasteiger partial charge in [0.05, 0.1) is 0 Å². The molecule has 0 atom stereocenters. The van der Waals surface area contributed by atoms with Crippen LogP contribution in [-0.4, -0.2) is 19.7 Å². The quantitative estimate of drug-likeness (QED) is 0.524. The van der Waals surface area contributed by atoms with Gasteiger partial charge < -0.3 is 11.1 Å². The number of nitrogens with zero attached hydrogens (tertiary/aromatic N) is 4. The Balaban J connectivity index is 0.000000614. The number of aromatic nitrogens is 4. The maximum absolute atomic E-state index is 6.03. The number of nitrogens with two attached hydrogens (primary N) is 1. The molecule has 3 N–H and O–H groups in total. The summed E-state index contributed by atoms with van der Waals surface area (Å²) in [7, 11) is 0. The van der Waals surface area contributed by atoms with Gasteiger partial charge in [-0.3, -0.25) is 0 Å². The van der Waals surface area contributed by atoms with Gasteiger partial charge in [0.2, 0.25) is 11.9 Å². The first kappa shape index (κ1) is 19.9. The van der Waals surface area contributed by atoms with Crippen LogP contribution in [0.4, 0.5) is 17.6 Å². The molecule has 4 rings (SSSR count). The lowest BCUT2D eigenvalue weighted by molar-refractivity contribution is 0.869. The molecule has 0 saturated heterocycles.